The molecule has 0 spiro atoms. The van der Waals surface area contributed by atoms with Crippen molar-refractivity contribution in [2.45, 2.75) is 90.4 Å². The van der Waals surface area contributed by atoms with E-state index in [1.807, 2.05) is 0 Å². The fourth-order valence-corrected chi connectivity index (χ4v) is 2.34. The molecule has 1 nitrogen and oxygen atoms in total. The number of nitrogens with two attached hydrogens (primary N) is 1. The number of hydrogen-bond donors (Lipinski definition) is 1. The average molecular weight is 334 g/mol. The predicted molar refractivity (Wildman–Crippen MR) is 82.7 cm³/mol. The summed E-state index contributed by atoms with van der Waals surface area (Å²) in [4.78, 5) is 0. The second-order valence-electron chi connectivity index (χ2n) is 5.44. The molecule has 0 amide bonds. The summed E-state index contributed by atoms with van der Waals surface area (Å²) >= 11 is 0. The zero-order valence-corrected chi connectivity index (χ0v) is 14.9. The highest BCUT2D eigenvalue weighted by Crippen LogP contribution is 2.12. The van der Waals surface area contributed by atoms with Crippen LogP contribution in [-0.2, 0) is 0 Å². The van der Waals surface area contributed by atoms with Crippen LogP contribution in [0.3, 0.4) is 0 Å². The van der Waals surface area contributed by atoms with E-state index in [9.17, 15) is 0 Å². The van der Waals surface area contributed by atoms with Crippen molar-refractivity contribution in [2.75, 3.05) is 7.05 Å². The van der Waals surface area contributed by atoms with E-state index in [-0.39, 0.29) is 17.0 Å². The monoisotopic (exact) mass is 333 g/mol. The topological polar surface area (TPSA) is 16.6 Å². The fraction of sp³-hybridized carbons (Fsp3) is 0.882. The van der Waals surface area contributed by atoms with Crippen LogP contribution in [0.15, 0.2) is 12.3 Å². The maximum Gasteiger partial charge on any atom is 0.0883 e. The molecule has 0 aliphatic heterocycles. The number of halogens is 1. The van der Waals surface area contributed by atoms with E-state index in [1.54, 1.807) is 0 Å². The highest BCUT2D eigenvalue weighted by atomic mass is 79.9. The van der Waals surface area contributed by atoms with Crippen molar-refractivity contribution >= 4 is 0 Å². The summed E-state index contributed by atoms with van der Waals surface area (Å²) in [5.41, 5.74) is 0. The van der Waals surface area contributed by atoms with Gasteiger partial charge in [0.2, 0.25) is 0 Å². The maximum atomic E-state index is 2.29. The van der Waals surface area contributed by atoms with Crippen molar-refractivity contribution < 1.29 is 22.3 Å². The molecular weight excluding hydrogens is 298 g/mol. The molecule has 0 saturated heterocycles. The van der Waals surface area contributed by atoms with Crippen LogP contribution < -0.4 is 22.3 Å². The van der Waals surface area contributed by atoms with Gasteiger partial charge in [0.25, 0.3) is 0 Å². The van der Waals surface area contributed by atoms with E-state index in [1.165, 1.54) is 83.5 Å². The minimum Gasteiger partial charge on any atom is -1.00 e. The van der Waals surface area contributed by atoms with Gasteiger partial charge in [0.15, 0.2) is 0 Å². The molecule has 116 valence electrons. The van der Waals surface area contributed by atoms with E-state index in [4.69, 9.17) is 0 Å². The molecule has 0 unspecified atom stereocenters. The summed E-state index contributed by atoms with van der Waals surface area (Å²) in [6.07, 6.45) is 23.0. The lowest BCUT2D eigenvalue weighted by molar-refractivity contribution is -0.556. The summed E-state index contributed by atoms with van der Waals surface area (Å²) < 4.78 is 0. The van der Waals surface area contributed by atoms with Crippen molar-refractivity contribution in [3.63, 3.8) is 0 Å². The number of hydrogen-bond acceptors (Lipinski definition) is 0. The van der Waals surface area contributed by atoms with Crippen LogP contribution in [0.25, 0.3) is 0 Å². The Kier molecular flexibility index (Phi) is 23.2. The highest BCUT2D eigenvalue weighted by molar-refractivity contribution is 4.70. The summed E-state index contributed by atoms with van der Waals surface area (Å²) in [6, 6.07) is 0. The van der Waals surface area contributed by atoms with Gasteiger partial charge < -0.3 is 22.3 Å². The molecule has 0 saturated carbocycles. The first-order valence-corrected chi connectivity index (χ1v) is 8.36. The second kappa shape index (κ2) is 20.5. The van der Waals surface area contributed by atoms with Crippen molar-refractivity contribution in [3.05, 3.63) is 12.3 Å². The summed E-state index contributed by atoms with van der Waals surface area (Å²) in [5.74, 6) is 0. The van der Waals surface area contributed by atoms with E-state index >= 15 is 0 Å². The third-order valence-corrected chi connectivity index (χ3v) is 3.55. The van der Waals surface area contributed by atoms with Gasteiger partial charge in [-0.05, 0) is 18.9 Å². The second-order valence-corrected chi connectivity index (χ2v) is 5.44. The molecule has 2 N–H and O–H groups in total. The van der Waals surface area contributed by atoms with Gasteiger partial charge in [0.1, 0.15) is 0 Å². The Hall–Kier alpha value is 0.180. The van der Waals surface area contributed by atoms with Crippen molar-refractivity contribution in [2.24, 2.45) is 0 Å². The Morgan fingerprint density at radius 1 is 0.684 bits per heavy atom. The zero-order valence-electron chi connectivity index (χ0n) is 13.3. The van der Waals surface area contributed by atoms with Gasteiger partial charge in [-0.15, -0.1) is 0 Å². The number of quaternary nitrogens is 1. The van der Waals surface area contributed by atoms with Gasteiger partial charge in [-0.3, -0.25) is 0 Å². The molecule has 0 heterocycles. The van der Waals surface area contributed by atoms with Gasteiger partial charge >= 0.3 is 0 Å². The van der Waals surface area contributed by atoms with E-state index < -0.39 is 0 Å². The standard InChI is InChI=1S/C17H35N.BrH/c1-3-4-5-6-7-8-9-10-11-12-13-14-15-16-17-18-2;/h16-18H,3-15H2,1-2H3;1H. The first-order chi connectivity index (χ1) is 8.91. The molecule has 0 atom stereocenters. The summed E-state index contributed by atoms with van der Waals surface area (Å²) in [6.45, 7) is 2.29. The van der Waals surface area contributed by atoms with E-state index in [2.05, 4.69) is 31.6 Å². The van der Waals surface area contributed by atoms with Gasteiger partial charge in [-0.25, -0.2) is 0 Å². The predicted octanol–water partition coefficient (Wildman–Crippen LogP) is 1.79. The molecule has 0 aromatic rings. The quantitative estimate of drug-likeness (QED) is 0.467. The maximum absolute atomic E-state index is 2.29. The van der Waals surface area contributed by atoms with Crippen molar-refractivity contribution in [1.82, 2.24) is 0 Å². The molecule has 0 radical (unpaired) electrons. The van der Waals surface area contributed by atoms with Gasteiger partial charge in [-0.2, -0.15) is 0 Å². The Bertz CT molecular complexity index is 169. The van der Waals surface area contributed by atoms with E-state index in [0.717, 1.165) is 0 Å². The first-order valence-electron chi connectivity index (χ1n) is 8.36. The molecule has 0 rings (SSSR count). The van der Waals surface area contributed by atoms with Crippen LogP contribution in [0.5, 0.6) is 0 Å². The molecular formula is C17H36BrN. The molecule has 0 aromatic carbocycles. The normalized spacial score (nSPS) is 10.8. The van der Waals surface area contributed by atoms with Crippen LogP contribution in [0.1, 0.15) is 90.4 Å². The highest BCUT2D eigenvalue weighted by Gasteiger charge is 1.92. The molecule has 0 fully saturated rings. The van der Waals surface area contributed by atoms with Crippen LogP contribution >= 0.6 is 0 Å². The lowest BCUT2D eigenvalue weighted by Crippen LogP contribution is -3.00. The third kappa shape index (κ3) is 20.7. The summed E-state index contributed by atoms with van der Waals surface area (Å²) in [5, 5.41) is 2.11. The smallest absolute Gasteiger partial charge is 0.0883 e. The summed E-state index contributed by atoms with van der Waals surface area (Å²) in [7, 11) is 2.08. The Morgan fingerprint density at radius 3 is 1.53 bits per heavy atom. The first kappa shape index (κ1) is 21.5. The lowest BCUT2D eigenvalue weighted by Gasteiger charge is -2.02. The minimum atomic E-state index is 0. The van der Waals surface area contributed by atoms with Gasteiger partial charge in [0, 0.05) is 0 Å². The molecule has 0 aromatic heterocycles. The fourth-order valence-electron chi connectivity index (χ4n) is 2.34. The van der Waals surface area contributed by atoms with Crippen LogP contribution in [-0.4, -0.2) is 7.05 Å². The Labute approximate surface area is 132 Å². The Balaban J connectivity index is 0. The molecule has 2 heteroatoms. The van der Waals surface area contributed by atoms with Crippen LogP contribution in [0.2, 0.25) is 0 Å². The number of unbranched alkanes of at least 4 members (excludes halogenated alkanes) is 12. The van der Waals surface area contributed by atoms with Gasteiger partial charge in [-0.1, -0.05) is 77.6 Å². The average Bonchev–Trinajstić information content (AvgIpc) is 2.39. The largest absolute Gasteiger partial charge is 1.00 e. The molecule has 0 aliphatic rings. The minimum absolute atomic E-state index is 0. The molecule has 0 bridgehead atoms. The SMILES string of the molecule is CCCCCCCCCCCCCCC=C[NH2+]C.[Br-]. The van der Waals surface area contributed by atoms with E-state index in [0.29, 0.717) is 0 Å². The molecule has 0 aliphatic carbocycles. The third-order valence-electron chi connectivity index (χ3n) is 3.55. The number of allylic oxidation sites excluding steroid dienone is 1. The van der Waals surface area contributed by atoms with Gasteiger partial charge in [0.05, 0.1) is 13.2 Å². The van der Waals surface area contributed by atoms with Crippen molar-refractivity contribution in [1.29, 1.82) is 0 Å². The molecule has 19 heavy (non-hydrogen) atoms. The number of rotatable bonds is 14. The Morgan fingerprint density at radius 2 is 1.11 bits per heavy atom. The lowest BCUT2D eigenvalue weighted by atomic mass is 10.0. The zero-order chi connectivity index (χ0) is 13.3. The van der Waals surface area contributed by atoms with Crippen molar-refractivity contribution in [3.8, 4) is 0 Å². The van der Waals surface area contributed by atoms with Crippen LogP contribution in [0, 0.1) is 0 Å². The van der Waals surface area contributed by atoms with Crippen LogP contribution in [0.4, 0.5) is 0 Å².